The summed E-state index contributed by atoms with van der Waals surface area (Å²) >= 11 is 0. The molecular weight excluding hydrogens is 440 g/mol. The average Bonchev–Trinajstić information content (AvgIpc) is 3.34. The van der Waals surface area contributed by atoms with E-state index in [4.69, 9.17) is 18.6 Å². The second-order valence-electron chi connectivity index (χ2n) is 7.58. The Hall–Kier alpha value is -4.27. The first kappa shape index (κ1) is 24.4. The Labute approximate surface area is 197 Å². The normalized spacial score (nSPS) is 10.4. The molecule has 0 fully saturated rings. The van der Waals surface area contributed by atoms with Crippen LogP contribution in [-0.4, -0.2) is 38.6 Å². The molecule has 0 bridgehead atoms. The van der Waals surface area contributed by atoms with Gasteiger partial charge in [0.15, 0.2) is 23.9 Å². The maximum atomic E-state index is 12.9. The van der Waals surface area contributed by atoms with E-state index in [1.807, 2.05) is 32.9 Å². The van der Waals surface area contributed by atoms with Crippen LogP contribution in [0.2, 0.25) is 0 Å². The Balaban J connectivity index is 1.78. The summed E-state index contributed by atoms with van der Waals surface area (Å²) in [5.74, 6) is -1.31. The molecule has 0 atom stereocenters. The number of hydrogen-bond donors (Lipinski definition) is 2. The van der Waals surface area contributed by atoms with Gasteiger partial charge in [-0.3, -0.25) is 9.59 Å². The van der Waals surface area contributed by atoms with Crippen molar-refractivity contribution in [3.05, 3.63) is 70.7 Å². The number of carbonyl (C=O) groups excluding carboxylic acids is 3. The van der Waals surface area contributed by atoms with Gasteiger partial charge in [-0.2, -0.15) is 0 Å². The van der Waals surface area contributed by atoms with E-state index < -0.39 is 24.4 Å². The van der Waals surface area contributed by atoms with Crippen molar-refractivity contribution >= 4 is 29.2 Å². The molecule has 0 saturated carbocycles. The van der Waals surface area contributed by atoms with Gasteiger partial charge in [-0.15, -0.1) is 0 Å². The molecular formula is C25H26N2O7. The van der Waals surface area contributed by atoms with E-state index in [0.29, 0.717) is 5.69 Å². The maximum Gasteiger partial charge on any atom is 0.340 e. The lowest BCUT2D eigenvalue weighted by molar-refractivity contribution is -0.119. The first-order chi connectivity index (χ1) is 16.2. The zero-order valence-electron chi connectivity index (χ0n) is 19.6. The topological polar surface area (TPSA) is 116 Å². The van der Waals surface area contributed by atoms with E-state index in [1.54, 1.807) is 6.07 Å². The van der Waals surface area contributed by atoms with Gasteiger partial charge in [-0.05, 0) is 44.0 Å². The minimum Gasteiger partial charge on any atom is -0.493 e. The second-order valence-corrected chi connectivity index (χ2v) is 7.58. The van der Waals surface area contributed by atoms with Gasteiger partial charge in [-0.25, -0.2) is 4.79 Å². The van der Waals surface area contributed by atoms with Crippen LogP contribution < -0.4 is 20.1 Å². The van der Waals surface area contributed by atoms with E-state index in [1.165, 1.54) is 38.7 Å². The lowest BCUT2D eigenvalue weighted by Gasteiger charge is -2.15. The number of benzene rings is 2. The van der Waals surface area contributed by atoms with Gasteiger partial charge in [0.2, 0.25) is 0 Å². The second kappa shape index (κ2) is 10.6. The molecule has 2 N–H and O–H groups in total. The van der Waals surface area contributed by atoms with Crippen LogP contribution in [0.3, 0.4) is 0 Å². The van der Waals surface area contributed by atoms with Crippen LogP contribution in [0.5, 0.6) is 11.5 Å². The van der Waals surface area contributed by atoms with Crippen molar-refractivity contribution in [2.45, 2.75) is 20.8 Å². The fourth-order valence-corrected chi connectivity index (χ4v) is 3.50. The van der Waals surface area contributed by atoms with Gasteiger partial charge < -0.3 is 29.3 Å². The zero-order valence-corrected chi connectivity index (χ0v) is 19.6. The minimum atomic E-state index is -0.830. The molecule has 9 heteroatoms. The van der Waals surface area contributed by atoms with E-state index in [2.05, 4.69) is 10.6 Å². The molecule has 0 unspecified atom stereocenters. The van der Waals surface area contributed by atoms with Crippen molar-refractivity contribution in [2.75, 3.05) is 31.5 Å². The first-order valence-electron chi connectivity index (χ1n) is 10.4. The summed E-state index contributed by atoms with van der Waals surface area (Å²) in [5.41, 5.74) is 3.64. The number of methoxy groups -OCH3 is 2. The minimum absolute atomic E-state index is 0.0203. The third kappa shape index (κ3) is 5.55. The van der Waals surface area contributed by atoms with Crippen molar-refractivity contribution in [2.24, 2.45) is 0 Å². The van der Waals surface area contributed by atoms with E-state index in [0.717, 1.165) is 16.7 Å². The zero-order chi connectivity index (χ0) is 24.8. The van der Waals surface area contributed by atoms with Crippen LogP contribution >= 0.6 is 0 Å². The number of anilines is 2. The van der Waals surface area contributed by atoms with E-state index in [9.17, 15) is 14.4 Å². The van der Waals surface area contributed by atoms with E-state index in [-0.39, 0.29) is 28.5 Å². The van der Waals surface area contributed by atoms with Gasteiger partial charge >= 0.3 is 5.97 Å². The Kier molecular flexibility index (Phi) is 7.57. The number of aryl methyl sites for hydroxylation is 3. The molecule has 34 heavy (non-hydrogen) atoms. The number of nitrogens with one attached hydrogen (secondary N) is 2. The Morgan fingerprint density at radius 2 is 1.56 bits per heavy atom. The summed E-state index contributed by atoms with van der Waals surface area (Å²) in [7, 11) is 2.83. The standard InChI is InChI=1S/C25H26N2O7/c1-14-9-15(2)23(16(3)10-14)27-22(28)13-34-25(30)17-11-20(31-4)21(32-5)12-18(17)26-24(29)19-7-6-8-33-19/h6-12H,13H2,1-5H3,(H,26,29)(H,27,28). The SMILES string of the molecule is COc1cc(NC(=O)c2ccco2)c(C(=O)OCC(=O)Nc2c(C)cc(C)cc2C)cc1OC. The Morgan fingerprint density at radius 3 is 2.15 bits per heavy atom. The van der Waals surface area contributed by atoms with Gasteiger partial charge in [0.25, 0.3) is 11.8 Å². The summed E-state index contributed by atoms with van der Waals surface area (Å²) in [6.07, 6.45) is 1.36. The third-order valence-electron chi connectivity index (χ3n) is 5.01. The van der Waals surface area contributed by atoms with Crippen molar-refractivity contribution in [1.29, 1.82) is 0 Å². The summed E-state index contributed by atoms with van der Waals surface area (Å²) in [6.45, 7) is 5.22. The van der Waals surface area contributed by atoms with Crippen LogP contribution in [0, 0.1) is 20.8 Å². The lowest BCUT2D eigenvalue weighted by Crippen LogP contribution is -2.23. The van der Waals surface area contributed by atoms with Crippen LogP contribution in [0.25, 0.3) is 0 Å². The van der Waals surface area contributed by atoms with Crippen LogP contribution in [0.15, 0.2) is 47.1 Å². The highest BCUT2D eigenvalue weighted by Gasteiger charge is 2.22. The first-order valence-corrected chi connectivity index (χ1v) is 10.4. The van der Waals surface area contributed by atoms with Crippen molar-refractivity contribution in [1.82, 2.24) is 0 Å². The van der Waals surface area contributed by atoms with E-state index >= 15 is 0 Å². The predicted molar refractivity (Wildman–Crippen MR) is 126 cm³/mol. The Bertz CT molecular complexity index is 1190. The molecule has 2 aromatic carbocycles. The summed E-state index contributed by atoms with van der Waals surface area (Å²) < 4.78 is 20.8. The number of esters is 1. The molecule has 178 valence electrons. The molecule has 1 heterocycles. The molecule has 3 aromatic rings. The molecule has 9 nitrogen and oxygen atoms in total. The monoisotopic (exact) mass is 466 g/mol. The number of ether oxygens (including phenoxy) is 3. The van der Waals surface area contributed by atoms with Gasteiger partial charge in [0, 0.05) is 17.8 Å². The summed E-state index contributed by atoms with van der Waals surface area (Å²) in [5, 5.41) is 5.37. The molecule has 0 radical (unpaired) electrons. The highest BCUT2D eigenvalue weighted by Crippen LogP contribution is 2.34. The molecule has 3 rings (SSSR count). The van der Waals surface area contributed by atoms with Crippen molar-refractivity contribution in [3.63, 3.8) is 0 Å². The van der Waals surface area contributed by atoms with Crippen LogP contribution in [-0.2, 0) is 9.53 Å². The molecule has 1 aromatic heterocycles. The molecule has 0 aliphatic carbocycles. The maximum absolute atomic E-state index is 12.9. The number of amides is 2. The highest BCUT2D eigenvalue weighted by atomic mass is 16.5. The largest absolute Gasteiger partial charge is 0.493 e. The molecule has 0 saturated heterocycles. The number of rotatable bonds is 8. The average molecular weight is 466 g/mol. The van der Waals surface area contributed by atoms with Gasteiger partial charge in [0.05, 0.1) is 31.7 Å². The molecule has 0 aliphatic heterocycles. The van der Waals surface area contributed by atoms with Crippen LogP contribution in [0.1, 0.15) is 37.6 Å². The molecule has 0 aliphatic rings. The quantitative estimate of drug-likeness (QED) is 0.476. The molecule has 0 spiro atoms. The number of hydrogen-bond acceptors (Lipinski definition) is 7. The molecule has 2 amide bonds. The van der Waals surface area contributed by atoms with Crippen molar-refractivity contribution < 1.29 is 33.0 Å². The summed E-state index contributed by atoms with van der Waals surface area (Å²) in [6, 6.07) is 9.74. The predicted octanol–water partition coefficient (Wildman–Crippen LogP) is 4.27. The Morgan fingerprint density at radius 1 is 0.912 bits per heavy atom. The van der Waals surface area contributed by atoms with Gasteiger partial charge in [-0.1, -0.05) is 17.7 Å². The fourth-order valence-electron chi connectivity index (χ4n) is 3.50. The lowest BCUT2D eigenvalue weighted by atomic mass is 10.1. The summed E-state index contributed by atoms with van der Waals surface area (Å²) in [4.78, 5) is 37.8. The fraction of sp³-hybridized carbons (Fsp3) is 0.240. The smallest absolute Gasteiger partial charge is 0.340 e. The highest BCUT2D eigenvalue weighted by molar-refractivity contribution is 6.07. The van der Waals surface area contributed by atoms with Crippen LogP contribution in [0.4, 0.5) is 11.4 Å². The van der Waals surface area contributed by atoms with Crippen molar-refractivity contribution in [3.8, 4) is 11.5 Å². The number of furan rings is 1. The van der Waals surface area contributed by atoms with Gasteiger partial charge in [0.1, 0.15) is 0 Å². The number of carbonyl (C=O) groups is 3. The third-order valence-corrected chi connectivity index (χ3v) is 5.01.